The van der Waals surface area contributed by atoms with Crippen molar-refractivity contribution in [2.24, 2.45) is 0 Å². The van der Waals surface area contributed by atoms with Crippen molar-refractivity contribution in [3.8, 4) is 0 Å². The number of aryl methyl sites for hydroxylation is 1. The van der Waals surface area contributed by atoms with Gasteiger partial charge in [-0.2, -0.15) is 0 Å². The highest BCUT2D eigenvalue weighted by atomic mass is 32.1. The molecule has 0 saturated carbocycles. The van der Waals surface area contributed by atoms with Gasteiger partial charge in [-0.05, 0) is 31.7 Å². The first kappa shape index (κ1) is 15.9. The van der Waals surface area contributed by atoms with E-state index in [4.69, 9.17) is 10.1 Å². The number of anilines is 1. The SMILES string of the molecule is CCOC(=O)c1c(NC(=O)Cn2ccsc2=N)sc2c1CCC2. The lowest BCUT2D eigenvalue weighted by molar-refractivity contribution is -0.116. The summed E-state index contributed by atoms with van der Waals surface area (Å²) < 4.78 is 6.70. The van der Waals surface area contributed by atoms with Gasteiger partial charge in [-0.1, -0.05) is 0 Å². The largest absolute Gasteiger partial charge is 0.462 e. The number of thiazole rings is 1. The normalized spacial score (nSPS) is 12.9. The van der Waals surface area contributed by atoms with Crippen LogP contribution in [-0.2, 0) is 28.9 Å². The van der Waals surface area contributed by atoms with Gasteiger partial charge in [0, 0.05) is 16.5 Å². The second-order valence-corrected chi connectivity index (χ2v) is 7.17. The molecule has 2 heterocycles. The number of thiophene rings is 1. The van der Waals surface area contributed by atoms with Gasteiger partial charge in [0.15, 0.2) is 4.80 Å². The van der Waals surface area contributed by atoms with Crippen molar-refractivity contribution in [2.75, 3.05) is 11.9 Å². The lowest BCUT2D eigenvalue weighted by Gasteiger charge is -2.08. The van der Waals surface area contributed by atoms with Crippen LogP contribution < -0.4 is 10.1 Å². The van der Waals surface area contributed by atoms with E-state index in [2.05, 4.69) is 5.32 Å². The quantitative estimate of drug-likeness (QED) is 0.811. The third-order valence-corrected chi connectivity index (χ3v) is 5.57. The van der Waals surface area contributed by atoms with Crippen LogP contribution in [0.5, 0.6) is 0 Å². The fourth-order valence-corrected chi connectivity index (χ4v) is 4.55. The van der Waals surface area contributed by atoms with Crippen LogP contribution in [0, 0.1) is 5.41 Å². The zero-order valence-corrected chi connectivity index (χ0v) is 14.3. The predicted molar refractivity (Wildman–Crippen MR) is 89.1 cm³/mol. The van der Waals surface area contributed by atoms with Crippen LogP contribution in [0.3, 0.4) is 0 Å². The highest BCUT2D eigenvalue weighted by Crippen LogP contribution is 2.39. The van der Waals surface area contributed by atoms with Gasteiger partial charge in [0.25, 0.3) is 0 Å². The van der Waals surface area contributed by atoms with E-state index in [1.165, 1.54) is 22.7 Å². The van der Waals surface area contributed by atoms with Crippen molar-refractivity contribution in [1.82, 2.24) is 4.57 Å². The van der Waals surface area contributed by atoms with Gasteiger partial charge < -0.3 is 14.6 Å². The minimum Gasteiger partial charge on any atom is -0.462 e. The number of hydrogen-bond acceptors (Lipinski definition) is 6. The predicted octanol–water partition coefficient (Wildman–Crippen LogP) is 2.39. The fourth-order valence-electron chi connectivity index (χ4n) is 2.66. The highest BCUT2D eigenvalue weighted by molar-refractivity contribution is 7.17. The van der Waals surface area contributed by atoms with E-state index < -0.39 is 0 Å². The summed E-state index contributed by atoms with van der Waals surface area (Å²) in [6.45, 7) is 2.14. The van der Waals surface area contributed by atoms with Gasteiger partial charge in [0.1, 0.15) is 11.5 Å². The number of carbonyl (C=O) groups is 2. The number of hydrogen-bond donors (Lipinski definition) is 2. The number of fused-ring (bicyclic) bond motifs is 1. The molecule has 0 atom stereocenters. The summed E-state index contributed by atoms with van der Waals surface area (Å²) >= 11 is 2.73. The lowest BCUT2D eigenvalue weighted by Crippen LogP contribution is -2.24. The Morgan fingerprint density at radius 1 is 1.43 bits per heavy atom. The third-order valence-electron chi connectivity index (χ3n) is 3.65. The Labute approximate surface area is 141 Å². The fraction of sp³-hybridized carbons (Fsp3) is 0.400. The average Bonchev–Trinajstić information content (AvgIpc) is 3.16. The molecule has 0 aliphatic heterocycles. The standard InChI is InChI=1S/C15H17N3O3S2/c1-2-21-14(20)12-9-4-3-5-10(9)23-13(12)17-11(19)8-18-6-7-22-15(18)16/h6-7,16H,2-5,8H2,1H3,(H,17,19). The Hall–Kier alpha value is -1.93. The van der Waals surface area contributed by atoms with E-state index in [9.17, 15) is 9.59 Å². The molecule has 0 unspecified atom stereocenters. The van der Waals surface area contributed by atoms with Gasteiger partial charge in [0.2, 0.25) is 5.91 Å². The first-order chi connectivity index (χ1) is 11.1. The second-order valence-electron chi connectivity index (χ2n) is 5.17. The van der Waals surface area contributed by atoms with E-state index >= 15 is 0 Å². The summed E-state index contributed by atoms with van der Waals surface area (Å²) in [5.41, 5.74) is 1.53. The van der Waals surface area contributed by atoms with E-state index in [1.807, 2.05) is 0 Å². The molecule has 2 aromatic rings. The van der Waals surface area contributed by atoms with Crippen molar-refractivity contribution in [3.63, 3.8) is 0 Å². The average molecular weight is 351 g/mol. The Kier molecular flexibility index (Phi) is 4.63. The van der Waals surface area contributed by atoms with Gasteiger partial charge in [0.05, 0.1) is 12.2 Å². The molecule has 2 N–H and O–H groups in total. The summed E-state index contributed by atoms with van der Waals surface area (Å²) in [5, 5.41) is 12.9. The molecule has 1 aliphatic carbocycles. The first-order valence-electron chi connectivity index (χ1n) is 7.40. The molecule has 8 heteroatoms. The summed E-state index contributed by atoms with van der Waals surface area (Å²) in [5.74, 6) is -0.612. The van der Waals surface area contributed by atoms with Crippen molar-refractivity contribution in [2.45, 2.75) is 32.7 Å². The minimum atomic E-state index is -0.369. The lowest BCUT2D eigenvalue weighted by atomic mass is 10.1. The van der Waals surface area contributed by atoms with Crippen LogP contribution in [0.2, 0.25) is 0 Å². The smallest absolute Gasteiger partial charge is 0.341 e. The molecule has 1 amide bonds. The molecular weight excluding hydrogens is 334 g/mol. The molecule has 0 radical (unpaired) electrons. The molecule has 1 aliphatic rings. The van der Waals surface area contributed by atoms with Gasteiger partial charge in [-0.25, -0.2) is 4.79 Å². The Morgan fingerprint density at radius 2 is 2.26 bits per heavy atom. The zero-order chi connectivity index (χ0) is 16.4. The van der Waals surface area contributed by atoms with E-state index in [0.29, 0.717) is 22.0 Å². The molecule has 3 rings (SSSR count). The van der Waals surface area contributed by atoms with Gasteiger partial charge in [-0.3, -0.25) is 10.2 Å². The van der Waals surface area contributed by atoms with Crippen molar-refractivity contribution < 1.29 is 14.3 Å². The molecule has 6 nitrogen and oxygen atoms in total. The first-order valence-corrected chi connectivity index (χ1v) is 9.09. The van der Waals surface area contributed by atoms with Crippen molar-refractivity contribution >= 4 is 39.6 Å². The number of nitrogens with zero attached hydrogens (tertiary/aromatic N) is 1. The minimum absolute atomic E-state index is 0.0627. The molecule has 23 heavy (non-hydrogen) atoms. The molecule has 2 aromatic heterocycles. The van der Waals surface area contributed by atoms with Crippen LogP contribution in [0.1, 0.15) is 34.1 Å². The Morgan fingerprint density at radius 3 is 2.96 bits per heavy atom. The molecule has 0 aromatic carbocycles. The molecule has 0 spiro atoms. The Bertz CT molecular complexity index is 803. The van der Waals surface area contributed by atoms with Crippen LogP contribution in [0.25, 0.3) is 0 Å². The van der Waals surface area contributed by atoms with E-state index in [1.54, 1.807) is 23.1 Å². The third kappa shape index (κ3) is 3.23. The van der Waals surface area contributed by atoms with E-state index in [-0.39, 0.29) is 18.4 Å². The van der Waals surface area contributed by atoms with Gasteiger partial charge >= 0.3 is 5.97 Å². The highest BCUT2D eigenvalue weighted by Gasteiger charge is 2.28. The van der Waals surface area contributed by atoms with E-state index in [0.717, 1.165) is 29.7 Å². The molecule has 0 fully saturated rings. The zero-order valence-electron chi connectivity index (χ0n) is 12.7. The number of carbonyl (C=O) groups excluding carboxylic acids is 2. The molecular formula is C15H17N3O3S2. The van der Waals surface area contributed by atoms with Gasteiger partial charge in [-0.15, -0.1) is 22.7 Å². The number of nitrogens with one attached hydrogen (secondary N) is 2. The maximum absolute atomic E-state index is 12.2. The second kappa shape index (κ2) is 6.67. The van der Waals surface area contributed by atoms with Crippen molar-refractivity contribution in [1.29, 1.82) is 5.41 Å². The number of amides is 1. The molecule has 0 bridgehead atoms. The number of rotatable bonds is 5. The van der Waals surface area contributed by atoms with Crippen LogP contribution in [-0.4, -0.2) is 23.1 Å². The molecule has 122 valence electrons. The topological polar surface area (TPSA) is 84.2 Å². The van der Waals surface area contributed by atoms with Crippen molar-refractivity contribution in [3.05, 3.63) is 32.4 Å². The maximum atomic E-state index is 12.2. The number of esters is 1. The van der Waals surface area contributed by atoms with Crippen LogP contribution in [0.4, 0.5) is 5.00 Å². The summed E-state index contributed by atoms with van der Waals surface area (Å²) in [7, 11) is 0. The monoisotopic (exact) mass is 351 g/mol. The summed E-state index contributed by atoms with van der Waals surface area (Å²) in [6, 6.07) is 0. The molecule has 0 saturated heterocycles. The number of ether oxygens (including phenoxy) is 1. The van der Waals surface area contributed by atoms with Crippen LogP contribution >= 0.6 is 22.7 Å². The number of aromatic nitrogens is 1. The summed E-state index contributed by atoms with van der Waals surface area (Å²) in [6.07, 6.45) is 4.53. The maximum Gasteiger partial charge on any atom is 0.341 e. The summed E-state index contributed by atoms with van der Waals surface area (Å²) in [4.78, 5) is 26.0. The van der Waals surface area contributed by atoms with Crippen LogP contribution in [0.15, 0.2) is 11.6 Å². The Balaban J connectivity index is 1.82.